The van der Waals surface area contributed by atoms with Gasteiger partial charge < -0.3 is 20.7 Å². The fourth-order valence-corrected chi connectivity index (χ4v) is 3.65. The zero-order valence-corrected chi connectivity index (χ0v) is 19.7. The highest BCUT2D eigenvalue weighted by Crippen LogP contribution is 2.25. The Bertz CT molecular complexity index is 1290. The van der Waals surface area contributed by atoms with E-state index in [1.807, 2.05) is 68.7 Å². The SMILES string of the molecule is CN(C)Cc1ccc(COc2cn(-c3ccnc(Nc4ccccc4)c3)nc2C(N)=O)c(Cl)c1. The van der Waals surface area contributed by atoms with Crippen LogP contribution in [0.3, 0.4) is 0 Å². The molecular formula is C25H25ClN6O2. The largest absolute Gasteiger partial charge is 0.485 e. The maximum absolute atomic E-state index is 12.0. The number of benzene rings is 2. The lowest BCUT2D eigenvalue weighted by Crippen LogP contribution is -2.14. The highest BCUT2D eigenvalue weighted by Gasteiger charge is 2.17. The first-order valence-electron chi connectivity index (χ1n) is 10.6. The minimum Gasteiger partial charge on any atom is -0.485 e. The molecule has 4 aromatic rings. The van der Waals surface area contributed by atoms with Gasteiger partial charge in [0.25, 0.3) is 5.91 Å². The van der Waals surface area contributed by atoms with Crippen molar-refractivity contribution >= 4 is 29.0 Å². The van der Waals surface area contributed by atoms with Crippen molar-refractivity contribution in [1.82, 2.24) is 19.7 Å². The Hall–Kier alpha value is -3.88. The van der Waals surface area contributed by atoms with Crippen LogP contribution in [0, 0.1) is 0 Å². The van der Waals surface area contributed by atoms with E-state index in [2.05, 4.69) is 20.3 Å². The quantitative estimate of drug-likeness (QED) is 0.371. The summed E-state index contributed by atoms with van der Waals surface area (Å²) in [5.74, 6) is 0.222. The predicted octanol–water partition coefficient (Wildman–Crippen LogP) is 4.40. The van der Waals surface area contributed by atoms with Crippen LogP contribution in [0.25, 0.3) is 5.69 Å². The number of carbonyl (C=O) groups is 1. The third-order valence-corrected chi connectivity index (χ3v) is 5.32. The Balaban J connectivity index is 1.53. The molecule has 0 unspecified atom stereocenters. The molecule has 0 atom stereocenters. The lowest BCUT2D eigenvalue weighted by Gasteiger charge is -2.12. The third kappa shape index (κ3) is 5.72. The van der Waals surface area contributed by atoms with Gasteiger partial charge in [-0.15, -0.1) is 0 Å². The number of amides is 1. The van der Waals surface area contributed by atoms with Gasteiger partial charge in [-0.05, 0) is 43.9 Å². The van der Waals surface area contributed by atoms with Gasteiger partial charge in [-0.25, -0.2) is 9.67 Å². The van der Waals surface area contributed by atoms with Crippen molar-refractivity contribution in [2.24, 2.45) is 5.73 Å². The van der Waals surface area contributed by atoms with Gasteiger partial charge in [-0.1, -0.05) is 41.9 Å². The maximum Gasteiger partial charge on any atom is 0.273 e. The van der Waals surface area contributed by atoms with Gasteiger partial charge in [0.15, 0.2) is 11.4 Å². The molecule has 0 radical (unpaired) electrons. The number of rotatable bonds is 9. The van der Waals surface area contributed by atoms with Crippen molar-refractivity contribution in [3.63, 3.8) is 0 Å². The summed E-state index contributed by atoms with van der Waals surface area (Å²) >= 11 is 6.44. The molecule has 0 spiro atoms. The Morgan fingerprint density at radius 2 is 1.94 bits per heavy atom. The average Bonchev–Trinajstić information content (AvgIpc) is 3.24. The number of primary amides is 1. The Morgan fingerprint density at radius 1 is 1.15 bits per heavy atom. The number of anilines is 2. The minimum atomic E-state index is -0.683. The predicted molar refractivity (Wildman–Crippen MR) is 133 cm³/mol. The van der Waals surface area contributed by atoms with Crippen molar-refractivity contribution in [2.45, 2.75) is 13.2 Å². The van der Waals surface area contributed by atoms with Gasteiger partial charge in [0, 0.05) is 35.1 Å². The lowest BCUT2D eigenvalue weighted by molar-refractivity contribution is 0.0991. The van der Waals surface area contributed by atoms with E-state index in [0.29, 0.717) is 16.5 Å². The molecule has 0 saturated heterocycles. The summed E-state index contributed by atoms with van der Waals surface area (Å²) in [6.07, 6.45) is 3.28. The van der Waals surface area contributed by atoms with Crippen molar-refractivity contribution in [2.75, 3.05) is 19.4 Å². The number of aromatic nitrogens is 3. The van der Waals surface area contributed by atoms with E-state index in [-0.39, 0.29) is 18.1 Å². The lowest BCUT2D eigenvalue weighted by atomic mass is 10.1. The van der Waals surface area contributed by atoms with Crippen LogP contribution in [0.1, 0.15) is 21.6 Å². The molecule has 8 nitrogen and oxygen atoms in total. The molecule has 0 aliphatic heterocycles. The van der Waals surface area contributed by atoms with Crippen LogP contribution >= 0.6 is 11.6 Å². The smallest absolute Gasteiger partial charge is 0.273 e. The Kier molecular flexibility index (Phi) is 7.10. The maximum atomic E-state index is 12.0. The molecule has 9 heteroatoms. The van der Waals surface area contributed by atoms with Crippen LogP contribution in [-0.2, 0) is 13.2 Å². The molecule has 0 saturated carbocycles. The first-order valence-corrected chi connectivity index (χ1v) is 11.0. The zero-order valence-electron chi connectivity index (χ0n) is 18.9. The summed E-state index contributed by atoms with van der Waals surface area (Å²) < 4.78 is 7.44. The van der Waals surface area contributed by atoms with Crippen molar-refractivity contribution < 1.29 is 9.53 Å². The summed E-state index contributed by atoms with van der Waals surface area (Å²) in [5, 5.41) is 8.16. The highest BCUT2D eigenvalue weighted by molar-refractivity contribution is 6.31. The third-order valence-electron chi connectivity index (χ3n) is 4.97. The summed E-state index contributed by atoms with van der Waals surface area (Å²) in [5.41, 5.74) is 9.08. The average molecular weight is 477 g/mol. The second-order valence-electron chi connectivity index (χ2n) is 7.99. The van der Waals surface area contributed by atoms with Gasteiger partial charge in [-0.3, -0.25) is 4.79 Å². The molecule has 3 N–H and O–H groups in total. The number of para-hydroxylation sites is 1. The van der Waals surface area contributed by atoms with Crippen molar-refractivity contribution in [1.29, 1.82) is 0 Å². The molecular weight excluding hydrogens is 452 g/mol. The van der Waals surface area contributed by atoms with Crippen LogP contribution in [0.15, 0.2) is 73.1 Å². The molecule has 2 aromatic carbocycles. The zero-order chi connectivity index (χ0) is 24.1. The summed E-state index contributed by atoms with van der Waals surface area (Å²) in [4.78, 5) is 18.4. The molecule has 2 aromatic heterocycles. The number of ether oxygens (including phenoxy) is 1. The number of halogens is 1. The normalized spacial score (nSPS) is 10.9. The summed E-state index contributed by atoms with van der Waals surface area (Å²) in [6.45, 7) is 0.955. The number of nitrogens with two attached hydrogens (primary N) is 1. The second-order valence-corrected chi connectivity index (χ2v) is 8.40. The number of nitrogens with zero attached hydrogens (tertiary/aromatic N) is 4. The van der Waals surface area contributed by atoms with E-state index in [1.54, 1.807) is 18.5 Å². The van der Waals surface area contributed by atoms with E-state index >= 15 is 0 Å². The van der Waals surface area contributed by atoms with Crippen molar-refractivity contribution in [3.05, 3.63) is 94.9 Å². The molecule has 2 heterocycles. The highest BCUT2D eigenvalue weighted by atomic mass is 35.5. The van der Waals surface area contributed by atoms with Crippen LogP contribution in [0.2, 0.25) is 5.02 Å². The monoisotopic (exact) mass is 476 g/mol. The molecule has 0 aliphatic carbocycles. The molecule has 0 fully saturated rings. The van der Waals surface area contributed by atoms with Gasteiger partial charge in [0.05, 0.1) is 11.9 Å². The van der Waals surface area contributed by atoms with Gasteiger partial charge >= 0.3 is 0 Å². The first-order chi connectivity index (χ1) is 16.4. The molecule has 4 rings (SSSR count). The number of hydrogen-bond acceptors (Lipinski definition) is 6. The van der Waals surface area contributed by atoms with Gasteiger partial charge in [-0.2, -0.15) is 5.10 Å². The van der Waals surface area contributed by atoms with E-state index < -0.39 is 5.91 Å². The first kappa shape index (κ1) is 23.3. The number of pyridine rings is 1. The summed E-state index contributed by atoms with van der Waals surface area (Å²) in [6, 6.07) is 19.1. The number of carbonyl (C=O) groups excluding carboxylic acids is 1. The molecule has 0 aliphatic rings. The van der Waals surface area contributed by atoms with Gasteiger partial charge in [0.1, 0.15) is 12.4 Å². The van der Waals surface area contributed by atoms with E-state index in [9.17, 15) is 4.79 Å². The van der Waals surface area contributed by atoms with Crippen LogP contribution in [0.5, 0.6) is 5.75 Å². The van der Waals surface area contributed by atoms with Crippen LogP contribution in [0.4, 0.5) is 11.5 Å². The number of hydrogen-bond donors (Lipinski definition) is 2. The van der Waals surface area contributed by atoms with Gasteiger partial charge in [0.2, 0.25) is 0 Å². The summed E-state index contributed by atoms with van der Waals surface area (Å²) in [7, 11) is 3.99. The fourth-order valence-electron chi connectivity index (χ4n) is 3.39. The molecule has 0 bridgehead atoms. The topological polar surface area (TPSA) is 98.3 Å². The second kappa shape index (κ2) is 10.4. The Morgan fingerprint density at radius 3 is 2.65 bits per heavy atom. The Labute approximate surface area is 202 Å². The molecule has 34 heavy (non-hydrogen) atoms. The van der Waals surface area contributed by atoms with Crippen LogP contribution in [-0.4, -0.2) is 39.7 Å². The van der Waals surface area contributed by atoms with Crippen LogP contribution < -0.4 is 15.8 Å². The van der Waals surface area contributed by atoms with Crippen molar-refractivity contribution in [3.8, 4) is 11.4 Å². The number of nitrogens with one attached hydrogen (secondary N) is 1. The molecule has 1 amide bonds. The van der Waals surface area contributed by atoms with E-state index in [4.69, 9.17) is 22.1 Å². The van der Waals surface area contributed by atoms with E-state index in [0.717, 1.165) is 23.4 Å². The fraction of sp³-hybridized carbons (Fsp3) is 0.160. The minimum absolute atomic E-state index is 0.0368. The molecule has 174 valence electrons. The van der Waals surface area contributed by atoms with E-state index in [1.165, 1.54) is 4.68 Å². The standard InChI is InChI=1S/C25H25ClN6O2/c1-31(2)14-17-8-9-18(21(26)12-17)16-34-22-15-32(30-24(22)25(27)33)20-10-11-28-23(13-20)29-19-6-4-3-5-7-19/h3-13,15H,14,16H2,1-2H3,(H2,27,33)(H,28,29).